The summed E-state index contributed by atoms with van der Waals surface area (Å²) in [5.74, 6) is 0.357. The van der Waals surface area contributed by atoms with E-state index in [0.717, 1.165) is 19.3 Å². The van der Waals surface area contributed by atoms with Gasteiger partial charge in [0, 0.05) is 43.0 Å². The zero-order valence-electron chi connectivity index (χ0n) is 19.7. The van der Waals surface area contributed by atoms with Crippen molar-refractivity contribution in [3.8, 4) is 11.3 Å². The van der Waals surface area contributed by atoms with Crippen molar-refractivity contribution < 1.29 is 14.3 Å². The maximum absolute atomic E-state index is 14.1. The van der Waals surface area contributed by atoms with Crippen molar-refractivity contribution in [2.24, 2.45) is 17.8 Å². The number of hydrogen-bond acceptors (Lipinski definition) is 4. The highest BCUT2D eigenvalue weighted by Crippen LogP contribution is 2.46. The lowest BCUT2D eigenvalue weighted by molar-refractivity contribution is -0.144. The largest absolute Gasteiger partial charge is 0.387 e. The van der Waals surface area contributed by atoms with Crippen molar-refractivity contribution in [1.82, 2.24) is 14.5 Å². The van der Waals surface area contributed by atoms with Crippen LogP contribution in [0.3, 0.4) is 0 Å². The van der Waals surface area contributed by atoms with Crippen molar-refractivity contribution in [1.29, 1.82) is 0 Å². The summed E-state index contributed by atoms with van der Waals surface area (Å²) in [5, 5.41) is 11.6. The molecule has 1 aromatic heterocycles. The number of rotatable bonds is 6. The summed E-state index contributed by atoms with van der Waals surface area (Å²) in [6.45, 7) is 1.24. The van der Waals surface area contributed by atoms with E-state index in [-0.39, 0.29) is 41.1 Å². The van der Waals surface area contributed by atoms with Crippen LogP contribution in [0.1, 0.15) is 57.8 Å². The molecule has 3 fully saturated rings. The van der Waals surface area contributed by atoms with Crippen LogP contribution in [0.2, 0.25) is 0 Å². The lowest BCUT2D eigenvalue weighted by atomic mass is 9.79. The average Bonchev–Trinajstić information content (AvgIpc) is 3.01. The van der Waals surface area contributed by atoms with Gasteiger partial charge in [-0.2, -0.15) is 0 Å². The third-order valence-corrected chi connectivity index (χ3v) is 8.46. The van der Waals surface area contributed by atoms with Crippen LogP contribution in [0.5, 0.6) is 0 Å². The lowest BCUT2D eigenvalue weighted by Crippen LogP contribution is -2.57. The molecule has 2 unspecified atom stereocenters. The van der Waals surface area contributed by atoms with Gasteiger partial charge in [0.25, 0.3) is 5.56 Å². The Hall–Kier alpha value is -2.54. The predicted molar refractivity (Wildman–Crippen MR) is 127 cm³/mol. The molecule has 7 heteroatoms. The van der Waals surface area contributed by atoms with Crippen LogP contribution in [-0.4, -0.2) is 44.2 Å². The zero-order chi connectivity index (χ0) is 23.7. The van der Waals surface area contributed by atoms with E-state index in [1.807, 2.05) is 4.90 Å². The van der Waals surface area contributed by atoms with Crippen LogP contribution in [0.15, 0.2) is 41.5 Å². The Labute approximate surface area is 199 Å². The molecule has 5 rings (SSSR count). The van der Waals surface area contributed by atoms with Gasteiger partial charge in [-0.25, -0.2) is 9.37 Å². The second-order valence-corrected chi connectivity index (χ2v) is 10.5. The second-order valence-electron chi connectivity index (χ2n) is 10.5. The SMILES string of the molecule is O=C(CCC1CCCCC1)N1CC2CC[C@H](C1)C2(O)Cn1cnc(-c2ccccc2F)cc1=O. The number of halogens is 1. The van der Waals surface area contributed by atoms with Gasteiger partial charge < -0.3 is 10.0 Å². The minimum Gasteiger partial charge on any atom is -0.387 e. The zero-order valence-corrected chi connectivity index (χ0v) is 19.7. The summed E-state index contributed by atoms with van der Waals surface area (Å²) < 4.78 is 15.5. The third-order valence-electron chi connectivity index (χ3n) is 8.46. The van der Waals surface area contributed by atoms with E-state index in [1.54, 1.807) is 18.2 Å². The molecule has 2 aliphatic carbocycles. The highest BCUT2D eigenvalue weighted by atomic mass is 19.1. The Kier molecular flexibility index (Phi) is 6.56. The molecular formula is C27H34FN3O3. The number of carbonyl (C=O) groups is 1. The average molecular weight is 468 g/mol. The third kappa shape index (κ3) is 4.54. The van der Waals surface area contributed by atoms with Crippen LogP contribution in [0.25, 0.3) is 11.3 Å². The standard InChI is InChI=1S/C27H34FN3O3/c28-23-9-5-4-8-22(23)24-14-26(33)31(18-29-24)17-27(34)20-11-12-21(27)16-30(15-20)25(32)13-10-19-6-2-1-3-7-19/h4-5,8-9,14,18-21,34H,1-3,6-7,10-13,15-17H2/t20-,21?,27?/m1/s1. The number of hydrogen-bond donors (Lipinski definition) is 1. The van der Waals surface area contributed by atoms with E-state index >= 15 is 0 Å². The van der Waals surface area contributed by atoms with Gasteiger partial charge in [0.05, 0.1) is 24.2 Å². The van der Waals surface area contributed by atoms with Crippen LogP contribution in [0.4, 0.5) is 4.39 Å². The molecular weight excluding hydrogens is 433 g/mol. The van der Waals surface area contributed by atoms with E-state index in [2.05, 4.69) is 4.98 Å². The molecule has 2 aromatic rings. The minimum absolute atomic E-state index is 0.0528. The van der Waals surface area contributed by atoms with Crippen molar-refractivity contribution in [3.63, 3.8) is 0 Å². The first-order valence-electron chi connectivity index (χ1n) is 12.8. The molecule has 2 saturated carbocycles. The molecule has 2 bridgehead atoms. The van der Waals surface area contributed by atoms with Crippen molar-refractivity contribution in [3.05, 3.63) is 52.8 Å². The number of carbonyl (C=O) groups excluding carboxylic acids is 1. The van der Waals surface area contributed by atoms with Crippen LogP contribution in [-0.2, 0) is 11.3 Å². The van der Waals surface area contributed by atoms with Crippen LogP contribution in [0, 0.1) is 23.6 Å². The summed E-state index contributed by atoms with van der Waals surface area (Å²) in [6.07, 6.45) is 11.1. The van der Waals surface area contributed by atoms with Crippen LogP contribution < -0.4 is 5.56 Å². The van der Waals surface area contributed by atoms with Gasteiger partial charge >= 0.3 is 0 Å². The number of piperidine rings is 1. The number of amides is 1. The molecule has 182 valence electrons. The van der Waals surface area contributed by atoms with Gasteiger partial charge in [-0.05, 0) is 37.3 Å². The summed E-state index contributed by atoms with van der Waals surface area (Å²) in [7, 11) is 0. The first kappa shape index (κ1) is 23.2. The van der Waals surface area contributed by atoms with Gasteiger partial charge in [0.2, 0.25) is 5.91 Å². The molecule has 0 spiro atoms. The number of nitrogens with zero attached hydrogens (tertiary/aromatic N) is 3. The Bertz CT molecular complexity index is 1080. The molecule has 1 aromatic carbocycles. The van der Waals surface area contributed by atoms with Gasteiger partial charge in [-0.3, -0.25) is 14.2 Å². The molecule has 1 amide bonds. The van der Waals surface area contributed by atoms with E-state index in [4.69, 9.17) is 0 Å². The molecule has 3 atom stereocenters. The van der Waals surface area contributed by atoms with E-state index in [0.29, 0.717) is 25.4 Å². The fourth-order valence-electron chi connectivity index (χ4n) is 6.40. The fourth-order valence-corrected chi connectivity index (χ4v) is 6.40. The quantitative estimate of drug-likeness (QED) is 0.697. The molecule has 2 heterocycles. The Morgan fingerprint density at radius 2 is 1.79 bits per heavy atom. The Morgan fingerprint density at radius 1 is 1.09 bits per heavy atom. The van der Waals surface area contributed by atoms with E-state index in [9.17, 15) is 19.1 Å². The molecule has 0 radical (unpaired) electrons. The smallest absolute Gasteiger partial charge is 0.253 e. The first-order valence-corrected chi connectivity index (χ1v) is 12.8. The number of likely N-dealkylation sites (tertiary alicyclic amines) is 1. The predicted octanol–water partition coefficient (Wildman–Crippen LogP) is 4.01. The molecule has 1 saturated heterocycles. The van der Waals surface area contributed by atoms with Crippen molar-refractivity contribution >= 4 is 5.91 Å². The minimum atomic E-state index is -1.04. The molecule has 1 aliphatic heterocycles. The summed E-state index contributed by atoms with van der Waals surface area (Å²) in [6, 6.07) is 7.56. The first-order chi connectivity index (χ1) is 16.4. The molecule has 1 N–H and O–H groups in total. The van der Waals surface area contributed by atoms with Gasteiger partial charge in [0.15, 0.2) is 0 Å². The van der Waals surface area contributed by atoms with E-state index < -0.39 is 11.4 Å². The van der Waals surface area contributed by atoms with E-state index in [1.165, 1.54) is 55.1 Å². The second kappa shape index (κ2) is 9.61. The number of aromatic nitrogens is 2. The van der Waals surface area contributed by atoms with Crippen molar-refractivity contribution in [2.75, 3.05) is 13.1 Å². The highest BCUT2D eigenvalue weighted by molar-refractivity contribution is 5.76. The van der Waals surface area contributed by atoms with Gasteiger partial charge in [-0.1, -0.05) is 44.2 Å². The van der Waals surface area contributed by atoms with Gasteiger partial charge in [-0.15, -0.1) is 0 Å². The highest BCUT2D eigenvalue weighted by Gasteiger charge is 2.53. The summed E-state index contributed by atoms with van der Waals surface area (Å²) in [4.78, 5) is 32.0. The molecule has 3 aliphatic rings. The maximum Gasteiger partial charge on any atom is 0.253 e. The topological polar surface area (TPSA) is 75.4 Å². The Morgan fingerprint density at radius 3 is 2.47 bits per heavy atom. The van der Waals surface area contributed by atoms with Crippen molar-refractivity contribution in [2.45, 2.75) is 69.9 Å². The maximum atomic E-state index is 14.1. The monoisotopic (exact) mass is 467 g/mol. The summed E-state index contributed by atoms with van der Waals surface area (Å²) >= 11 is 0. The number of aliphatic hydroxyl groups is 1. The molecule has 6 nitrogen and oxygen atoms in total. The number of fused-ring (bicyclic) bond motifs is 2. The number of benzene rings is 1. The lowest BCUT2D eigenvalue weighted by Gasteiger charge is -2.44. The Balaban J connectivity index is 1.24. The molecule has 34 heavy (non-hydrogen) atoms. The van der Waals surface area contributed by atoms with Gasteiger partial charge in [0.1, 0.15) is 5.82 Å². The normalized spacial score (nSPS) is 27.2. The van der Waals surface area contributed by atoms with Crippen LogP contribution >= 0.6 is 0 Å². The summed E-state index contributed by atoms with van der Waals surface area (Å²) in [5.41, 5.74) is -0.782. The fraction of sp³-hybridized carbons (Fsp3) is 0.593.